The highest BCUT2D eigenvalue weighted by molar-refractivity contribution is 7.87. The number of halogens is 9. The summed E-state index contributed by atoms with van der Waals surface area (Å²) in [5, 5.41) is 1.16. The number of rotatable bonds is 13. The molecule has 0 radical (unpaired) electrons. The Hall–Kier alpha value is -3.54. The van der Waals surface area contributed by atoms with Crippen LogP contribution in [-0.2, 0) is 57.4 Å². The van der Waals surface area contributed by atoms with E-state index in [1.165, 1.54) is 0 Å². The molecule has 2 saturated heterocycles. The van der Waals surface area contributed by atoms with Gasteiger partial charge in [0.2, 0.25) is 0 Å². The Labute approximate surface area is 372 Å². The fourth-order valence-corrected chi connectivity index (χ4v) is 15.5. The fraction of sp³-hybridized carbons (Fsp3) is 0.857. The second-order valence-electron chi connectivity index (χ2n) is 20.9. The second kappa shape index (κ2) is 15.7. The van der Waals surface area contributed by atoms with Crippen LogP contribution in [0.1, 0.15) is 73.1 Å². The van der Waals surface area contributed by atoms with E-state index in [0.29, 0.717) is 19.3 Å². The fourth-order valence-electron chi connectivity index (χ4n) is 14.6. The van der Waals surface area contributed by atoms with Gasteiger partial charge in [-0.15, -0.1) is 9.35 Å². The molecule has 8 aliphatic rings. The molecule has 1 N–H and O–H groups in total. The summed E-state index contributed by atoms with van der Waals surface area (Å²) in [5.41, 5.74) is -0.746. The minimum atomic E-state index is -7.70. The molecule has 18 unspecified atom stereocenters. The van der Waals surface area contributed by atoms with Gasteiger partial charge in [0, 0.05) is 0 Å². The van der Waals surface area contributed by atoms with E-state index in [1.807, 2.05) is 0 Å². The van der Waals surface area contributed by atoms with Crippen molar-refractivity contribution in [3.63, 3.8) is 0 Å². The number of fused-ring (bicyclic) bond motifs is 9. The van der Waals surface area contributed by atoms with Crippen molar-refractivity contribution >= 4 is 45.8 Å². The molecule has 66 heavy (non-hydrogen) atoms. The number of imide groups is 1. The van der Waals surface area contributed by atoms with E-state index in [-0.39, 0.29) is 66.8 Å². The lowest BCUT2D eigenvalue weighted by atomic mass is 9.57. The Kier molecular flexibility index (Phi) is 11.7. The molecule has 0 spiro atoms. The predicted octanol–water partition coefficient (Wildman–Crippen LogP) is 5.56. The van der Waals surface area contributed by atoms with Gasteiger partial charge in [0.05, 0.1) is 42.1 Å². The van der Waals surface area contributed by atoms with Crippen molar-refractivity contribution in [1.82, 2.24) is 5.06 Å². The zero-order chi connectivity index (χ0) is 48.9. The number of hydrogen-bond donors (Lipinski definition) is 1. The minimum absolute atomic E-state index is 0.0104. The number of alkyl halides is 9. The molecule has 6 bridgehead atoms. The first kappa shape index (κ1) is 48.9. The van der Waals surface area contributed by atoms with Crippen LogP contribution in [0.4, 0.5) is 39.5 Å². The predicted molar refractivity (Wildman–Crippen MR) is 200 cm³/mol. The standard InChI is InChI=1S/C42H50F9NO13S/c1-14-16-8-20(23(9-16)36(58)64-38(3,4)5)26(14)28-17-10-19(22(11-17)34(56)62-7-6-53)21(28)13-25-31(37(59)63-35(25)57)27-15(2)18-12-24(27)30-29(18)32(54)52(33(30)55)65-66(60,61)42(50,51)40(45,46)39(43,44)41(47,48)49/h14-31,53H,6-13H2,1-5H3. The van der Waals surface area contributed by atoms with E-state index in [1.54, 1.807) is 27.7 Å². The minimum Gasteiger partial charge on any atom is -0.463 e. The van der Waals surface area contributed by atoms with Crippen molar-refractivity contribution in [3.8, 4) is 0 Å². The Morgan fingerprint density at radius 1 is 0.697 bits per heavy atom. The number of hydroxylamine groups is 2. The molecular formula is C42H50F9NO13S. The summed E-state index contributed by atoms with van der Waals surface area (Å²) in [6.07, 6.45) is -5.05. The lowest BCUT2D eigenvalue weighted by molar-refractivity contribution is -0.383. The molecule has 2 aliphatic heterocycles. The highest BCUT2D eigenvalue weighted by Crippen LogP contribution is 2.69. The van der Waals surface area contributed by atoms with E-state index in [0.717, 1.165) is 6.42 Å². The molecule has 24 heteroatoms. The Bertz CT molecular complexity index is 2180. The Morgan fingerprint density at radius 3 is 1.85 bits per heavy atom. The monoisotopic (exact) mass is 979 g/mol. The highest BCUT2D eigenvalue weighted by Gasteiger charge is 2.86. The normalized spacial score (nSPS) is 41.0. The number of cyclic esters (lactones) is 2. The Morgan fingerprint density at radius 2 is 1.27 bits per heavy atom. The summed E-state index contributed by atoms with van der Waals surface area (Å²) >= 11 is 0. The number of ether oxygens (including phenoxy) is 3. The van der Waals surface area contributed by atoms with Gasteiger partial charge < -0.3 is 19.3 Å². The lowest BCUT2D eigenvalue weighted by Gasteiger charge is -2.46. The zero-order valence-electron chi connectivity index (χ0n) is 36.2. The maximum atomic E-state index is 14.6. The summed E-state index contributed by atoms with van der Waals surface area (Å²) in [6.45, 7) is 8.30. The van der Waals surface area contributed by atoms with E-state index in [2.05, 4.69) is 11.2 Å². The number of aliphatic hydroxyl groups excluding tert-OH is 1. The number of aliphatic hydroxyl groups is 1. The smallest absolute Gasteiger partial charge is 0.460 e. The van der Waals surface area contributed by atoms with Crippen molar-refractivity contribution in [2.75, 3.05) is 13.2 Å². The Balaban J connectivity index is 1.07. The quantitative estimate of drug-likeness (QED) is 0.0793. The lowest BCUT2D eigenvalue weighted by Crippen LogP contribution is -2.64. The number of nitrogens with zero attached hydrogens (tertiary/aromatic N) is 1. The van der Waals surface area contributed by atoms with Crippen LogP contribution < -0.4 is 0 Å². The van der Waals surface area contributed by atoms with Crippen LogP contribution in [-0.4, -0.2) is 96.4 Å². The van der Waals surface area contributed by atoms with Gasteiger partial charge in [-0.1, -0.05) is 13.8 Å². The topological polar surface area (TPSA) is 197 Å². The summed E-state index contributed by atoms with van der Waals surface area (Å²) in [6, 6.07) is 0. The average molecular weight is 980 g/mol. The summed E-state index contributed by atoms with van der Waals surface area (Å²) in [7, 11) is -7.66. The third-order valence-corrected chi connectivity index (χ3v) is 18.1. The third kappa shape index (κ3) is 7.02. The van der Waals surface area contributed by atoms with Crippen molar-refractivity contribution in [2.24, 2.45) is 107 Å². The summed E-state index contributed by atoms with van der Waals surface area (Å²) in [5.74, 6) is -33.0. The first-order chi connectivity index (χ1) is 30.3. The molecule has 6 aliphatic carbocycles. The van der Waals surface area contributed by atoms with Gasteiger partial charge >= 0.3 is 57.3 Å². The maximum absolute atomic E-state index is 14.6. The van der Waals surface area contributed by atoms with E-state index < -0.39 is 145 Å². The van der Waals surface area contributed by atoms with Crippen molar-refractivity contribution in [3.05, 3.63) is 0 Å². The number of carbonyl (C=O) groups is 6. The number of hydrogen-bond acceptors (Lipinski definition) is 13. The largest absolute Gasteiger partial charge is 0.463 e. The van der Waals surface area contributed by atoms with E-state index in [4.69, 9.17) is 14.2 Å². The molecule has 18 atom stereocenters. The van der Waals surface area contributed by atoms with Gasteiger partial charge in [-0.3, -0.25) is 28.8 Å². The van der Waals surface area contributed by atoms with Crippen molar-refractivity contribution < 1.29 is 100 Å². The molecule has 8 rings (SSSR count). The van der Waals surface area contributed by atoms with Crippen LogP contribution in [0.15, 0.2) is 0 Å². The average Bonchev–Trinajstić information content (AvgIpc) is 4.08. The molecule has 14 nitrogen and oxygen atoms in total. The van der Waals surface area contributed by atoms with Crippen LogP contribution in [0.2, 0.25) is 0 Å². The van der Waals surface area contributed by atoms with Gasteiger partial charge in [-0.2, -0.15) is 47.9 Å². The molecule has 0 aromatic rings. The number of esters is 4. The molecule has 2 amide bonds. The highest BCUT2D eigenvalue weighted by atomic mass is 32.2. The van der Waals surface area contributed by atoms with Crippen molar-refractivity contribution in [2.45, 2.75) is 102 Å². The maximum Gasteiger partial charge on any atom is 0.460 e. The van der Waals surface area contributed by atoms with Gasteiger partial charge in [0.25, 0.3) is 11.8 Å². The molecule has 370 valence electrons. The molecule has 2 heterocycles. The van der Waals surface area contributed by atoms with E-state index in [9.17, 15) is 81.8 Å². The summed E-state index contributed by atoms with van der Waals surface area (Å²) < 4.78 is 168. The number of amides is 2. The van der Waals surface area contributed by atoms with Crippen molar-refractivity contribution in [1.29, 1.82) is 0 Å². The molecule has 0 aromatic heterocycles. The van der Waals surface area contributed by atoms with Crippen LogP contribution >= 0.6 is 0 Å². The molecular weight excluding hydrogens is 930 g/mol. The number of carbonyl (C=O) groups excluding carboxylic acids is 6. The third-order valence-electron chi connectivity index (χ3n) is 16.9. The van der Waals surface area contributed by atoms with Gasteiger partial charge in [-0.25, -0.2) is 0 Å². The van der Waals surface area contributed by atoms with Crippen LogP contribution in [0.25, 0.3) is 0 Å². The van der Waals surface area contributed by atoms with Crippen LogP contribution in [0.3, 0.4) is 0 Å². The SMILES string of the molecule is CC1C2CC(C3C(=O)N(OS(=O)(=O)C(F)(F)C(F)(F)C(F)(F)C(F)(F)F)C(=O)C23)C1C1C(=O)OC(=O)C1CC1C2CC(CC2C(=O)OCCO)C1C1C(C)C2CC(C(=O)OC(C)(C)C)C1C2. The van der Waals surface area contributed by atoms with E-state index >= 15 is 0 Å². The first-order valence-electron chi connectivity index (χ1n) is 22.1. The first-order valence-corrected chi connectivity index (χ1v) is 23.5. The summed E-state index contributed by atoms with van der Waals surface area (Å²) in [4.78, 5) is 82.0. The van der Waals surface area contributed by atoms with Crippen LogP contribution in [0.5, 0.6) is 0 Å². The van der Waals surface area contributed by atoms with Gasteiger partial charge in [0.1, 0.15) is 12.2 Å². The van der Waals surface area contributed by atoms with Gasteiger partial charge in [0.15, 0.2) is 0 Å². The second-order valence-corrected chi connectivity index (χ2v) is 22.5. The molecule has 0 aromatic carbocycles. The van der Waals surface area contributed by atoms with Crippen LogP contribution in [0, 0.1) is 107 Å². The molecule has 6 saturated carbocycles. The van der Waals surface area contributed by atoms with Gasteiger partial charge in [-0.05, 0) is 130 Å². The molecule has 8 fully saturated rings. The zero-order valence-corrected chi connectivity index (χ0v) is 37.0.